The number of aryl methyl sites for hydroxylation is 2. The number of pyridine rings is 1. The lowest BCUT2D eigenvalue weighted by atomic mass is 9.94. The average molecular weight is 482 g/mol. The Morgan fingerprint density at radius 2 is 1.78 bits per heavy atom. The predicted octanol–water partition coefficient (Wildman–Crippen LogP) is 3.49. The Morgan fingerprint density at radius 1 is 0.944 bits per heavy atom. The van der Waals surface area contributed by atoms with Gasteiger partial charge in [0.15, 0.2) is 11.5 Å². The van der Waals surface area contributed by atoms with Gasteiger partial charge in [-0.05, 0) is 43.9 Å². The molecule has 0 unspecified atom stereocenters. The molecule has 0 amide bonds. The Kier molecular flexibility index (Phi) is 5.72. The molecule has 1 N–H and O–H groups in total. The summed E-state index contributed by atoms with van der Waals surface area (Å²) in [4.78, 5) is 29.3. The van der Waals surface area contributed by atoms with Crippen LogP contribution in [0.3, 0.4) is 0 Å². The average Bonchev–Trinajstić information content (AvgIpc) is 3.61. The molecule has 1 aliphatic heterocycles. The highest BCUT2D eigenvalue weighted by Crippen LogP contribution is 2.31. The second-order valence-electron chi connectivity index (χ2n) is 8.96. The number of hydrogen-bond donors (Lipinski definition) is 1. The van der Waals surface area contributed by atoms with Crippen LogP contribution in [-0.2, 0) is 6.42 Å². The number of hydrogen-bond acceptors (Lipinski definition) is 9. The zero-order valence-corrected chi connectivity index (χ0v) is 20.3. The number of imidazole rings is 1. The van der Waals surface area contributed by atoms with Gasteiger partial charge in [-0.1, -0.05) is 6.92 Å². The lowest BCUT2D eigenvalue weighted by molar-refractivity contribution is 0.488. The van der Waals surface area contributed by atoms with Crippen LogP contribution in [0, 0.1) is 6.92 Å². The van der Waals surface area contributed by atoms with E-state index in [9.17, 15) is 0 Å². The van der Waals surface area contributed by atoms with E-state index in [-0.39, 0.29) is 0 Å². The number of rotatable bonds is 6. The summed E-state index contributed by atoms with van der Waals surface area (Å²) in [5, 5.41) is 7.61. The van der Waals surface area contributed by atoms with E-state index < -0.39 is 0 Å². The molecular formula is C25H27N11. The van der Waals surface area contributed by atoms with E-state index >= 15 is 0 Å². The van der Waals surface area contributed by atoms with Crippen molar-refractivity contribution in [1.82, 2.24) is 44.1 Å². The number of nitrogens with one attached hydrogen (secondary N) is 1. The summed E-state index contributed by atoms with van der Waals surface area (Å²) < 4.78 is 3.74. The monoisotopic (exact) mass is 481 g/mol. The van der Waals surface area contributed by atoms with E-state index in [4.69, 9.17) is 4.98 Å². The molecule has 6 heterocycles. The maximum atomic E-state index is 4.75. The molecule has 36 heavy (non-hydrogen) atoms. The van der Waals surface area contributed by atoms with E-state index in [1.54, 1.807) is 17.2 Å². The summed E-state index contributed by atoms with van der Waals surface area (Å²) in [5.74, 6) is 1.93. The van der Waals surface area contributed by atoms with Crippen LogP contribution in [0.2, 0.25) is 0 Å². The molecule has 1 saturated heterocycles. The molecule has 1 fully saturated rings. The number of piperidine rings is 1. The fraction of sp³-hybridized carbons (Fsp3) is 0.320. The first-order valence-electron chi connectivity index (χ1n) is 12.2. The van der Waals surface area contributed by atoms with Gasteiger partial charge in [0.1, 0.15) is 24.7 Å². The van der Waals surface area contributed by atoms with Crippen LogP contribution < -0.4 is 10.2 Å². The summed E-state index contributed by atoms with van der Waals surface area (Å²) in [5.41, 5.74) is 5.76. The van der Waals surface area contributed by atoms with Crippen LogP contribution in [0.15, 0.2) is 55.9 Å². The van der Waals surface area contributed by atoms with Gasteiger partial charge in [0.25, 0.3) is 0 Å². The van der Waals surface area contributed by atoms with Gasteiger partial charge in [-0.15, -0.1) is 0 Å². The topological polar surface area (TPSA) is 115 Å². The van der Waals surface area contributed by atoms with Gasteiger partial charge < -0.3 is 10.2 Å². The highest BCUT2D eigenvalue weighted by atomic mass is 15.3. The third kappa shape index (κ3) is 4.12. The number of fused-ring (bicyclic) bond motifs is 1. The van der Waals surface area contributed by atoms with Crippen molar-refractivity contribution in [3.8, 4) is 5.82 Å². The minimum Gasteiger partial charge on any atom is -0.350 e. The SMILES string of the molecule is CCc1cnc(N2CCC(c3cnc4c(Nc5ccc(-n6cncn6)nc5C)cncn34)CC2)nc1. The van der Waals surface area contributed by atoms with E-state index in [1.165, 1.54) is 12.0 Å². The molecule has 11 nitrogen and oxygen atoms in total. The van der Waals surface area contributed by atoms with E-state index in [0.29, 0.717) is 11.7 Å². The third-order valence-corrected chi connectivity index (χ3v) is 6.74. The minimum atomic E-state index is 0.397. The first-order valence-corrected chi connectivity index (χ1v) is 12.2. The quantitative estimate of drug-likeness (QED) is 0.389. The summed E-state index contributed by atoms with van der Waals surface area (Å²) in [6, 6.07) is 3.89. The molecule has 0 atom stereocenters. The maximum Gasteiger partial charge on any atom is 0.225 e. The van der Waals surface area contributed by atoms with Crippen LogP contribution in [-0.4, -0.2) is 57.2 Å². The van der Waals surface area contributed by atoms with Crippen molar-refractivity contribution in [2.75, 3.05) is 23.3 Å². The number of anilines is 3. The predicted molar refractivity (Wildman–Crippen MR) is 136 cm³/mol. The highest BCUT2D eigenvalue weighted by Gasteiger charge is 2.25. The fourth-order valence-electron chi connectivity index (χ4n) is 4.67. The fourth-order valence-corrected chi connectivity index (χ4v) is 4.67. The zero-order chi connectivity index (χ0) is 24.5. The van der Waals surface area contributed by atoms with Gasteiger partial charge in [-0.25, -0.2) is 34.6 Å². The molecule has 0 bridgehead atoms. The second-order valence-corrected chi connectivity index (χ2v) is 8.96. The van der Waals surface area contributed by atoms with Crippen LogP contribution in [0.5, 0.6) is 0 Å². The Balaban J connectivity index is 1.19. The highest BCUT2D eigenvalue weighted by molar-refractivity contribution is 5.74. The summed E-state index contributed by atoms with van der Waals surface area (Å²) >= 11 is 0. The van der Waals surface area contributed by atoms with Crippen LogP contribution >= 0.6 is 0 Å². The Hall–Kier alpha value is -4.41. The molecule has 0 saturated carbocycles. The van der Waals surface area contributed by atoms with Crippen molar-refractivity contribution in [2.24, 2.45) is 0 Å². The number of nitrogens with zero attached hydrogens (tertiary/aromatic N) is 10. The largest absolute Gasteiger partial charge is 0.350 e. The van der Waals surface area contributed by atoms with Crippen molar-refractivity contribution in [2.45, 2.75) is 39.0 Å². The molecule has 11 heteroatoms. The standard InChI is InChI=1S/C25H27N11/c1-3-18-10-29-25(30-11-18)34-8-6-19(7-9-34)22-13-28-24-21(12-26-15-35(22)24)33-20-4-5-23(32-17(20)2)36-16-27-14-31-36/h4-5,10-16,19,33H,3,6-9H2,1-2H3. The molecule has 0 aliphatic carbocycles. The van der Waals surface area contributed by atoms with E-state index in [0.717, 1.165) is 66.6 Å². The minimum absolute atomic E-state index is 0.397. The molecule has 1 aliphatic rings. The van der Waals surface area contributed by atoms with Crippen molar-refractivity contribution in [1.29, 1.82) is 0 Å². The summed E-state index contributed by atoms with van der Waals surface area (Å²) in [6.45, 7) is 5.90. The summed E-state index contributed by atoms with van der Waals surface area (Å²) in [6.07, 6.45) is 15.6. The van der Waals surface area contributed by atoms with Crippen molar-refractivity contribution < 1.29 is 0 Å². The summed E-state index contributed by atoms with van der Waals surface area (Å²) in [7, 11) is 0. The van der Waals surface area contributed by atoms with Crippen LogP contribution in [0.25, 0.3) is 11.5 Å². The lowest BCUT2D eigenvalue weighted by Gasteiger charge is -2.31. The van der Waals surface area contributed by atoms with Gasteiger partial charge in [0.05, 0.1) is 17.6 Å². The van der Waals surface area contributed by atoms with Crippen LogP contribution in [0.1, 0.15) is 42.6 Å². The molecule has 5 aromatic rings. The molecule has 0 radical (unpaired) electrons. The van der Waals surface area contributed by atoms with Crippen molar-refractivity contribution >= 4 is 23.0 Å². The molecule has 0 spiro atoms. The van der Waals surface area contributed by atoms with Crippen molar-refractivity contribution in [3.05, 3.63) is 72.9 Å². The molecule has 6 rings (SSSR count). The normalized spacial score (nSPS) is 14.4. The number of aromatic nitrogens is 9. The van der Waals surface area contributed by atoms with E-state index in [1.807, 2.05) is 44.0 Å². The first-order chi connectivity index (χ1) is 17.7. The molecule has 182 valence electrons. The van der Waals surface area contributed by atoms with Crippen LogP contribution in [0.4, 0.5) is 17.3 Å². The van der Waals surface area contributed by atoms with Gasteiger partial charge in [-0.3, -0.25) is 4.40 Å². The van der Waals surface area contributed by atoms with Gasteiger partial charge in [-0.2, -0.15) is 5.10 Å². The smallest absolute Gasteiger partial charge is 0.225 e. The van der Waals surface area contributed by atoms with Gasteiger partial charge in [0, 0.05) is 43.3 Å². The van der Waals surface area contributed by atoms with Crippen molar-refractivity contribution in [3.63, 3.8) is 0 Å². The van der Waals surface area contributed by atoms with Gasteiger partial charge in [0.2, 0.25) is 5.95 Å². The maximum absolute atomic E-state index is 4.75. The molecular weight excluding hydrogens is 454 g/mol. The Bertz CT molecular complexity index is 1470. The third-order valence-electron chi connectivity index (χ3n) is 6.74. The van der Waals surface area contributed by atoms with E-state index in [2.05, 4.69) is 51.6 Å². The zero-order valence-electron chi connectivity index (χ0n) is 20.3. The Morgan fingerprint density at radius 3 is 2.50 bits per heavy atom. The first kappa shape index (κ1) is 22.1. The van der Waals surface area contributed by atoms with Gasteiger partial charge >= 0.3 is 0 Å². The molecule has 5 aromatic heterocycles. The lowest BCUT2D eigenvalue weighted by Crippen LogP contribution is -2.34. The Labute approximate surface area is 208 Å². The molecule has 0 aromatic carbocycles. The second kappa shape index (κ2) is 9.33.